The molecule has 0 radical (unpaired) electrons. The van der Waals surface area contributed by atoms with E-state index < -0.39 is 10.0 Å². The summed E-state index contributed by atoms with van der Waals surface area (Å²) in [7, 11) is -3.12. The van der Waals surface area contributed by atoms with Crippen molar-refractivity contribution in [2.45, 2.75) is 25.7 Å². The Morgan fingerprint density at radius 3 is 2.63 bits per heavy atom. The van der Waals surface area contributed by atoms with E-state index in [-0.39, 0.29) is 17.2 Å². The zero-order valence-electron chi connectivity index (χ0n) is 11.4. The van der Waals surface area contributed by atoms with Gasteiger partial charge in [-0.2, -0.15) is 0 Å². The van der Waals surface area contributed by atoms with Crippen LogP contribution in [0.1, 0.15) is 25.7 Å². The van der Waals surface area contributed by atoms with E-state index in [4.69, 9.17) is 0 Å². The summed E-state index contributed by atoms with van der Waals surface area (Å²) in [5.74, 6) is 0.318. The second-order valence-corrected chi connectivity index (χ2v) is 7.51. The molecule has 7 heteroatoms. The number of carbonyl (C=O) groups is 1. The second kappa shape index (κ2) is 5.76. The number of piperidine rings is 1. The third kappa shape index (κ3) is 4.15. The fraction of sp³-hybridized carbons (Fsp3) is 0.917. The molecule has 2 fully saturated rings. The summed E-state index contributed by atoms with van der Waals surface area (Å²) in [5, 5.41) is 6.23. The monoisotopic (exact) mass is 289 g/mol. The van der Waals surface area contributed by atoms with Crippen LogP contribution in [-0.4, -0.2) is 46.8 Å². The molecule has 1 heterocycles. The van der Waals surface area contributed by atoms with E-state index in [1.165, 1.54) is 0 Å². The number of rotatable bonds is 6. The highest BCUT2D eigenvalue weighted by atomic mass is 32.2. The molecule has 6 nitrogen and oxygen atoms in total. The van der Waals surface area contributed by atoms with Gasteiger partial charge in [0.25, 0.3) is 0 Å². The molecule has 2 rings (SSSR count). The van der Waals surface area contributed by atoms with Gasteiger partial charge in [0.15, 0.2) is 0 Å². The van der Waals surface area contributed by atoms with Gasteiger partial charge < -0.3 is 10.6 Å². The maximum absolute atomic E-state index is 12.0. The molecule has 1 amide bonds. The van der Waals surface area contributed by atoms with Crippen LogP contribution < -0.4 is 15.4 Å². The number of nitrogens with one attached hydrogen (secondary N) is 3. The van der Waals surface area contributed by atoms with Crippen molar-refractivity contribution in [2.24, 2.45) is 11.3 Å². The lowest BCUT2D eigenvalue weighted by molar-refractivity contribution is -0.123. The van der Waals surface area contributed by atoms with Crippen LogP contribution in [-0.2, 0) is 14.8 Å². The quantitative estimate of drug-likeness (QED) is 0.572. The standard InChI is InChI=1S/C12H23N3O3S/c1-19(17,18)15-6-2-5-14-11(16)10-9-12(10)3-7-13-8-4-12/h10,13,15H,2-9H2,1H3,(H,14,16). The predicted molar refractivity (Wildman–Crippen MR) is 73.1 cm³/mol. The maximum atomic E-state index is 12.0. The smallest absolute Gasteiger partial charge is 0.223 e. The summed E-state index contributed by atoms with van der Waals surface area (Å²) in [5.41, 5.74) is 0.264. The van der Waals surface area contributed by atoms with E-state index in [1.54, 1.807) is 0 Å². The van der Waals surface area contributed by atoms with Crippen molar-refractivity contribution in [3.05, 3.63) is 0 Å². The van der Waals surface area contributed by atoms with Crippen molar-refractivity contribution in [2.75, 3.05) is 32.4 Å². The molecule has 1 saturated heterocycles. The topological polar surface area (TPSA) is 87.3 Å². The fourth-order valence-electron chi connectivity index (χ4n) is 2.88. The van der Waals surface area contributed by atoms with Gasteiger partial charge in [0.2, 0.25) is 15.9 Å². The molecule has 1 saturated carbocycles. The largest absolute Gasteiger partial charge is 0.356 e. The number of amides is 1. The van der Waals surface area contributed by atoms with Crippen LogP contribution in [0.5, 0.6) is 0 Å². The van der Waals surface area contributed by atoms with Crippen molar-refractivity contribution in [3.63, 3.8) is 0 Å². The van der Waals surface area contributed by atoms with E-state index in [0.717, 1.165) is 38.6 Å². The molecule has 1 aliphatic carbocycles. The average Bonchev–Trinajstić information content (AvgIpc) is 3.02. The highest BCUT2D eigenvalue weighted by molar-refractivity contribution is 7.88. The SMILES string of the molecule is CS(=O)(=O)NCCCNC(=O)C1CC12CCNCC2. The lowest BCUT2D eigenvalue weighted by Crippen LogP contribution is -2.34. The number of carbonyl (C=O) groups excluding carboxylic acids is 1. The minimum Gasteiger partial charge on any atom is -0.356 e. The minimum atomic E-state index is -3.12. The molecule has 19 heavy (non-hydrogen) atoms. The number of hydrogen-bond donors (Lipinski definition) is 3. The van der Waals surface area contributed by atoms with Crippen molar-refractivity contribution < 1.29 is 13.2 Å². The van der Waals surface area contributed by atoms with Crippen LogP contribution in [0.2, 0.25) is 0 Å². The Kier molecular flexibility index (Phi) is 4.47. The van der Waals surface area contributed by atoms with E-state index in [1.807, 2.05) is 0 Å². The Bertz CT molecular complexity index is 430. The highest BCUT2D eigenvalue weighted by Crippen LogP contribution is 2.58. The van der Waals surface area contributed by atoms with Gasteiger partial charge >= 0.3 is 0 Å². The van der Waals surface area contributed by atoms with Crippen LogP contribution in [0, 0.1) is 11.3 Å². The Hall–Kier alpha value is -0.660. The average molecular weight is 289 g/mol. The van der Waals surface area contributed by atoms with Gasteiger partial charge in [-0.05, 0) is 44.2 Å². The number of sulfonamides is 1. The van der Waals surface area contributed by atoms with E-state index in [2.05, 4.69) is 15.4 Å². The van der Waals surface area contributed by atoms with Crippen LogP contribution in [0.25, 0.3) is 0 Å². The summed E-state index contributed by atoms with van der Waals surface area (Å²) in [6.45, 7) is 2.94. The van der Waals surface area contributed by atoms with Crippen LogP contribution >= 0.6 is 0 Å². The van der Waals surface area contributed by atoms with Gasteiger partial charge in [-0.25, -0.2) is 13.1 Å². The molecular formula is C12H23N3O3S. The first-order chi connectivity index (χ1) is 8.93. The molecule has 1 spiro atoms. The first kappa shape index (κ1) is 14.7. The van der Waals surface area contributed by atoms with Crippen LogP contribution in [0.4, 0.5) is 0 Å². The Morgan fingerprint density at radius 1 is 1.32 bits per heavy atom. The van der Waals surface area contributed by atoms with Crippen LogP contribution in [0.3, 0.4) is 0 Å². The summed E-state index contributed by atoms with van der Waals surface area (Å²) >= 11 is 0. The second-order valence-electron chi connectivity index (χ2n) is 5.68. The first-order valence-corrected chi connectivity index (χ1v) is 8.75. The van der Waals surface area contributed by atoms with Crippen molar-refractivity contribution >= 4 is 15.9 Å². The summed E-state index contributed by atoms with van der Waals surface area (Å²) in [6.07, 6.45) is 4.97. The molecule has 1 atom stereocenters. The molecule has 0 aromatic heterocycles. The van der Waals surface area contributed by atoms with Gasteiger partial charge in [0, 0.05) is 19.0 Å². The predicted octanol–water partition coefficient (Wildman–Crippen LogP) is -0.568. The molecular weight excluding hydrogens is 266 g/mol. The minimum absolute atomic E-state index is 0.140. The fourth-order valence-corrected chi connectivity index (χ4v) is 3.39. The Morgan fingerprint density at radius 2 is 2.00 bits per heavy atom. The third-order valence-corrected chi connectivity index (χ3v) is 4.85. The van der Waals surface area contributed by atoms with Crippen molar-refractivity contribution in [1.82, 2.24) is 15.4 Å². The normalized spacial score (nSPS) is 25.2. The zero-order chi connectivity index (χ0) is 13.9. The molecule has 110 valence electrons. The van der Waals surface area contributed by atoms with Gasteiger partial charge in [-0.3, -0.25) is 4.79 Å². The molecule has 0 bridgehead atoms. The lowest BCUT2D eigenvalue weighted by atomic mass is 9.92. The Labute approximate surface area is 114 Å². The van der Waals surface area contributed by atoms with E-state index >= 15 is 0 Å². The molecule has 1 unspecified atom stereocenters. The maximum Gasteiger partial charge on any atom is 0.223 e. The Balaban J connectivity index is 1.61. The third-order valence-electron chi connectivity index (χ3n) is 4.12. The van der Waals surface area contributed by atoms with Crippen molar-refractivity contribution in [1.29, 1.82) is 0 Å². The molecule has 0 aromatic rings. The molecule has 0 aromatic carbocycles. The summed E-state index contributed by atoms with van der Waals surface area (Å²) < 4.78 is 24.1. The lowest BCUT2D eigenvalue weighted by Gasteiger charge is -2.23. The summed E-state index contributed by atoms with van der Waals surface area (Å²) in [4.78, 5) is 12.0. The molecule has 3 N–H and O–H groups in total. The van der Waals surface area contributed by atoms with Gasteiger partial charge in [-0.15, -0.1) is 0 Å². The first-order valence-electron chi connectivity index (χ1n) is 6.86. The van der Waals surface area contributed by atoms with Crippen LogP contribution in [0.15, 0.2) is 0 Å². The highest BCUT2D eigenvalue weighted by Gasteiger charge is 2.57. The van der Waals surface area contributed by atoms with Crippen molar-refractivity contribution in [3.8, 4) is 0 Å². The van der Waals surface area contributed by atoms with Gasteiger partial charge in [0.1, 0.15) is 0 Å². The van der Waals surface area contributed by atoms with Gasteiger partial charge in [0.05, 0.1) is 6.26 Å². The summed E-state index contributed by atoms with van der Waals surface area (Å²) in [6, 6.07) is 0. The molecule has 2 aliphatic rings. The van der Waals surface area contributed by atoms with Gasteiger partial charge in [-0.1, -0.05) is 0 Å². The van der Waals surface area contributed by atoms with E-state index in [0.29, 0.717) is 19.5 Å². The number of hydrogen-bond acceptors (Lipinski definition) is 4. The zero-order valence-corrected chi connectivity index (χ0v) is 12.2. The van der Waals surface area contributed by atoms with E-state index in [9.17, 15) is 13.2 Å². The molecule has 1 aliphatic heterocycles.